The summed E-state index contributed by atoms with van der Waals surface area (Å²) in [6, 6.07) is 0. The van der Waals surface area contributed by atoms with Crippen LogP contribution in [0, 0.1) is 23.7 Å². The Morgan fingerprint density at radius 1 is 1.13 bits per heavy atom. The van der Waals surface area contributed by atoms with Gasteiger partial charge in [0.15, 0.2) is 0 Å². The molecule has 126 valence electrons. The van der Waals surface area contributed by atoms with Crippen molar-refractivity contribution in [2.75, 3.05) is 0 Å². The van der Waals surface area contributed by atoms with E-state index in [1.165, 1.54) is 12.8 Å². The van der Waals surface area contributed by atoms with E-state index in [4.69, 9.17) is 9.47 Å². The molecule has 4 rings (SSSR count). The van der Waals surface area contributed by atoms with Crippen LogP contribution < -0.4 is 0 Å². The molecule has 2 saturated carbocycles. The fourth-order valence-corrected chi connectivity index (χ4v) is 4.70. The lowest BCUT2D eigenvalue weighted by molar-refractivity contribution is -0.155. The molecule has 0 aromatic heterocycles. The summed E-state index contributed by atoms with van der Waals surface area (Å²) in [7, 11) is 0. The zero-order valence-corrected chi connectivity index (χ0v) is 14.0. The van der Waals surface area contributed by atoms with Gasteiger partial charge in [-0.3, -0.25) is 4.79 Å². The molecular weight excluding hydrogens is 288 g/mol. The summed E-state index contributed by atoms with van der Waals surface area (Å²) in [5.41, 5.74) is 0. The topological polar surface area (TPSA) is 38.8 Å². The number of allylic oxidation sites excluding steroid dienone is 3. The first kappa shape index (κ1) is 15.4. The Labute approximate surface area is 139 Å². The minimum Gasteiger partial charge on any atom is -0.462 e. The molecule has 7 atom stereocenters. The predicted molar refractivity (Wildman–Crippen MR) is 88.8 cm³/mol. The average molecular weight is 316 g/mol. The maximum Gasteiger partial charge on any atom is 0.306 e. The largest absolute Gasteiger partial charge is 0.462 e. The number of hydrogen-bond acceptors (Lipinski definition) is 3. The summed E-state index contributed by atoms with van der Waals surface area (Å²) in [6.07, 6.45) is 16.8. The van der Waals surface area contributed by atoms with Crippen LogP contribution in [-0.4, -0.2) is 24.3 Å². The Kier molecular flexibility index (Phi) is 4.31. The molecule has 3 nitrogen and oxygen atoms in total. The molecule has 1 saturated heterocycles. The van der Waals surface area contributed by atoms with Crippen LogP contribution in [0.15, 0.2) is 24.3 Å². The van der Waals surface area contributed by atoms with Gasteiger partial charge in [-0.1, -0.05) is 37.6 Å². The highest BCUT2D eigenvalue weighted by molar-refractivity contribution is 5.69. The number of epoxide rings is 1. The van der Waals surface area contributed by atoms with E-state index in [0.29, 0.717) is 36.4 Å². The van der Waals surface area contributed by atoms with E-state index in [0.717, 1.165) is 31.6 Å². The molecule has 1 unspecified atom stereocenters. The van der Waals surface area contributed by atoms with Crippen molar-refractivity contribution in [1.82, 2.24) is 0 Å². The second-order valence-corrected chi connectivity index (χ2v) is 7.67. The normalized spacial score (nSPS) is 48.7. The average Bonchev–Trinajstić information content (AvgIpc) is 3.45. The maximum absolute atomic E-state index is 12.3. The van der Waals surface area contributed by atoms with E-state index in [-0.39, 0.29) is 12.1 Å². The summed E-state index contributed by atoms with van der Waals surface area (Å²) in [4.78, 5) is 12.3. The number of carbonyl (C=O) groups excluding carboxylic acids is 1. The van der Waals surface area contributed by atoms with Crippen molar-refractivity contribution in [3.8, 4) is 0 Å². The van der Waals surface area contributed by atoms with Crippen molar-refractivity contribution in [3.63, 3.8) is 0 Å². The lowest BCUT2D eigenvalue weighted by atomic mass is 9.86. The third kappa shape index (κ3) is 3.26. The number of rotatable bonds is 2. The second kappa shape index (κ2) is 6.43. The van der Waals surface area contributed by atoms with Crippen molar-refractivity contribution in [2.24, 2.45) is 23.7 Å². The molecule has 2 aliphatic carbocycles. The summed E-state index contributed by atoms with van der Waals surface area (Å²) in [5.74, 6) is 2.25. The molecule has 0 amide bonds. The van der Waals surface area contributed by atoms with Crippen LogP contribution in [-0.2, 0) is 14.3 Å². The van der Waals surface area contributed by atoms with Crippen molar-refractivity contribution in [1.29, 1.82) is 0 Å². The van der Waals surface area contributed by atoms with E-state index >= 15 is 0 Å². The lowest BCUT2D eigenvalue weighted by Crippen LogP contribution is -2.33. The van der Waals surface area contributed by atoms with E-state index in [1.807, 2.05) is 0 Å². The zero-order valence-electron chi connectivity index (χ0n) is 14.0. The van der Waals surface area contributed by atoms with Gasteiger partial charge in [0.2, 0.25) is 0 Å². The van der Waals surface area contributed by atoms with Crippen LogP contribution in [0.2, 0.25) is 0 Å². The molecule has 3 fully saturated rings. The number of hydrogen-bond donors (Lipinski definition) is 0. The first-order chi connectivity index (χ1) is 11.3. The smallest absolute Gasteiger partial charge is 0.306 e. The SMILES string of the molecule is CC[C@@H]1C[C@@H]1[C@H]1OC(=O)CCC/C=C\C/C=C\[C@H]2C1C[C@@H]1O[C@@H]12. The minimum absolute atomic E-state index is 0.00798. The van der Waals surface area contributed by atoms with Crippen LogP contribution in [0.5, 0.6) is 0 Å². The maximum atomic E-state index is 12.3. The lowest BCUT2D eigenvalue weighted by Gasteiger charge is -2.29. The van der Waals surface area contributed by atoms with E-state index < -0.39 is 0 Å². The highest BCUT2D eigenvalue weighted by atomic mass is 16.6. The Morgan fingerprint density at radius 2 is 2.04 bits per heavy atom. The highest BCUT2D eigenvalue weighted by Crippen LogP contribution is 2.55. The van der Waals surface area contributed by atoms with E-state index in [2.05, 4.69) is 31.2 Å². The second-order valence-electron chi connectivity index (χ2n) is 7.67. The van der Waals surface area contributed by atoms with Gasteiger partial charge < -0.3 is 9.47 Å². The van der Waals surface area contributed by atoms with Gasteiger partial charge in [-0.2, -0.15) is 0 Å². The van der Waals surface area contributed by atoms with Crippen molar-refractivity contribution < 1.29 is 14.3 Å². The molecule has 2 aliphatic heterocycles. The van der Waals surface area contributed by atoms with Crippen LogP contribution >= 0.6 is 0 Å². The van der Waals surface area contributed by atoms with Gasteiger partial charge in [0.25, 0.3) is 0 Å². The van der Waals surface area contributed by atoms with Gasteiger partial charge >= 0.3 is 5.97 Å². The quantitative estimate of drug-likeness (QED) is 0.438. The molecule has 0 aromatic rings. The summed E-state index contributed by atoms with van der Waals surface area (Å²) >= 11 is 0. The molecule has 2 heterocycles. The predicted octanol–water partition coefficient (Wildman–Crippen LogP) is 4.03. The van der Waals surface area contributed by atoms with Gasteiger partial charge in [-0.15, -0.1) is 0 Å². The number of fused-ring (bicyclic) bond motifs is 3. The number of carbonyl (C=O) groups is 1. The summed E-state index contributed by atoms with van der Waals surface area (Å²) in [6.45, 7) is 2.25. The standard InChI is InChI=1S/C20H28O3/c1-2-13-11-15(13)19-16-12-17-20(22-17)14(16)9-7-5-3-4-6-8-10-18(21)23-19/h3-4,7,9,13-17,19-20H,2,5-6,8,10-12H2,1H3/b4-3-,9-7-/t13-,14+,15+,16?,17+,19-,20-/m1/s1. The molecular formula is C20H28O3. The molecule has 0 spiro atoms. The van der Waals surface area contributed by atoms with Crippen LogP contribution in [0.1, 0.15) is 51.9 Å². The minimum atomic E-state index is 0.00798. The Balaban J connectivity index is 1.54. The Bertz CT molecular complexity index is 509. The van der Waals surface area contributed by atoms with Crippen LogP contribution in [0.4, 0.5) is 0 Å². The third-order valence-corrected chi connectivity index (χ3v) is 6.16. The molecule has 0 aromatic carbocycles. The van der Waals surface area contributed by atoms with E-state index in [9.17, 15) is 4.79 Å². The van der Waals surface area contributed by atoms with Gasteiger partial charge in [0.1, 0.15) is 6.10 Å². The monoisotopic (exact) mass is 316 g/mol. The molecule has 23 heavy (non-hydrogen) atoms. The zero-order chi connectivity index (χ0) is 15.8. The molecule has 0 radical (unpaired) electrons. The fourth-order valence-electron chi connectivity index (χ4n) is 4.70. The van der Waals surface area contributed by atoms with Gasteiger partial charge in [0, 0.05) is 18.3 Å². The molecule has 0 N–H and O–H groups in total. The van der Waals surface area contributed by atoms with Gasteiger partial charge in [-0.25, -0.2) is 0 Å². The summed E-state index contributed by atoms with van der Waals surface area (Å²) < 4.78 is 11.8. The number of ether oxygens (including phenoxy) is 2. The molecule has 4 aliphatic rings. The Hall–Kier alpha value is -1.09. The Morgan fingerprint density at radius 3 is 2.87 bits per heavy atom. The van der Waals surface area contributed by atoms with Crippen molar-refractivity contribution in [2.45, 2.75) is 70.2 Å². The fraction of sp³-hybridized carbons (Fsp3) is 0.750. The third-order valence-electron chi connectivity index (χ3n) is 6.16. The van der Waals surface area contributed by atoms with E-state index in [1.54, 1.807) is 0 Å². The van der Waals surface area contributed by atoms with Gasteiger partial charge in [0.05, 0.1) is 12.2 Å². The van der Waals surface area contributed by atoms with Crippen LogP contribution in [0.25, 0.3) is 0 Å². The first-order valence-corrected chi connectivity index (χ1v) is 9.44. The number of cyclic esters (lactones) is 1. The number of esters is 1. The van der Waals surface area contributed by atoms with Crippen molar-refractivity contribution in [3.05, 3.63) is 24.3 Å². The van der Waals surface area contributed by atoms with Crippen molar-refractivity contribution >= 4 is 5.97 Å². The molecule has 3 heteroatoms. The summed E-state index contributed by atoms with van der Waals surface area (Å²) in [5, 5.41) is 0. The van der Waals surface area contributed by atoms with Crippen LogP contribution in [0.3, 0.4) is 0 Å². The first-order valence-electron chi connectivity index (χ1n) is 9.44. The molecule has 0 bridgehead atoms. The van der Waals surface area contributed by atoms with Gasteiger partial charge in [-0.05, 0) is 43.9 Å². The highest BCUT2D eigenvalue weighted by Gasteiger charge is 2.60.